The number of amides is 1. The van der Waals surface area contributed by atoms with Gasteiger partial charge < -0.3 is 15.2 Å². The van der Waals surface area contributed by atoms with E-state index in [1.807, 2.05) is 36.4 Å². The van der Waals surface area contributed by atoms with Crippen molar-refractivity contribution in [2.75, 3.05) is 20.2 Å². The van der Waals surface area contributed by atoms with Gasteiger partial charge in [0, 0.05) is 37.7 Å². The van der Waals surface area contributed by atoms with Gasteiger partial charge in [0.2, 0.25) is 0 Å². The Hall–Kier alpha value is -2.97. The number of ether oxygens (including phenoxy) is 1. The number of rotatable bonds is 8. The molecule has 1 heterocycles. The second-order valence-corrected chi connectivity index (χ2v) is 9.90. The smallest absolute Gasteiger partial charge is 0.311 e. The van der Waals surface area contributed by atoms with E-state index in [2.05, 4.69) is 10.2 Å². The van der Waals surface area contributed by atoms with Gasteiger partial charge >= 0.3 is 5.69 Å². The van der Waals surface area contributed by atoms with Gasteiger partial charge in [-0.15, -0.1) is 0 Å². The summed E-state index contributed by atoms with van der Waals surface area (Å²) in [7, 11) is 1.43. The van der Waals surface area contributed by atoms with E-state index in [1.165, 1.54) is 7.11 Å². The third-order valence-corrected chi connectivity index (χ3v) is 7.92. The first-order chi connectivity index (χ1) is 16.4. The molecule has 1 aliphatic heterocycles. The third-order valence-electron chi connectivity index (χ3n) is 7.92. The predicted molar refractivity (Wildman–Crippen MR) is 126 cm³/mol. The highest BCUT2D eigenvalue weighted by Crippen LogP contribution is 2.47. The standard InChI is InChI=1S/C26H31N3O5/c1-34-23-12-11-17(13-22(23)29(32)33)14-28-15-20-21(16-28)24(20)27-25(30)26(31,19-9-5-6-10-19)18-7-3-2-4-8-18/h2-4,7-8,11-13,19-21,24,31H,5-6,9-10,14-16H2,1H3,(H,27,30). The molecule has 34 heavy (non-hydrogen) atoms. The highest BCUT2D eigenvalue weighted by molar-refractivity contribution is 5.87. The maximum atomic E-state index is 13.4. The monoisotopic (exact) mass is 465 g/mol. The molecule has 5 rings (SSSR count). The van der Waals surface area contributed by atoms with Crippen molar-refractivity contribution in [3.8, 4) is 5.75 Å². The summed E-state index contributed by atoms with van der Waals surface area (Å²) >= 11 is 0. The number of nitro benzene ring substituents is 1. The van der Waals surface area contributed by atoms with E-state index in [4.69, 9.17) is 4.74 Å². The lowest BCUT2D eigenvalue weighted by Gasteiger charge is -2.33. The minimum atomic E-state index is -1.49. The molecule has 0 spiro atoms. The summed E-state index contributed by atoms with van der Waals surface area (Å²) in [4.78, 5) is 26.6. The Morgan fingerprint density at radius 3 is 2.47 bits per heavy atom. The maximum Gasteiger partial charge on any atom is 0.311 e. The molecule has 3 atom stereocenters. The zero-order valence-electron chi connectivity index (χ0n) is 19.4. The van der Waals surface area contributed by atoms with Crippen molar-refractivity contribution in [3.05, 3.63) is 69.8 Å². The molecule has 2 aromatic carbocycles. The van der Waals surface area contributed by atoms with E-state index in [1.54, 1.807) is 12.1 Å². The quantitative estimate of drug-likeness (QED) is 0.458. The maximum absolute atomic E-state index is 13.4. The van der Waals surface area contributed by atoms with E-state index in [9.17, 15) is 20.0 Å². The fourth-order valence-corrected chi connectivity index (χ4v) is 6.04. The zero-order valence-corrected chi connectivity index (χ0v) is 19.4. The first kappa shape index (κ1) is 22.8. The molecule has 0 aromatic heterocycles. The topological polar surface area (TPSA) is 105 Å². The summed E-state index contributed by atoms with van der Waals surface area (Å²) in [5.41, 5.74) is 0.0275. The Bertz CT molecular complexity index is 1060. The Morgan fingerprint density at radius 2 is 1.85 bits per heavy atom. The van der Waals surface area contributed by atoms with Gasteiger partial charge in [-0.05, 0) is 41.9 Å². The molecule has 3 fully saturated rings. The van der Waals surface area contributed by atoms with Crippen LogP contribution in [0.25, 0.3) is 0 Å². The van der Waals surface area contributed by atoms with Crippen molar-refractivity contribution >= 4 is 11.6 Å². The van der Waals surface area contributed by atoms with Crippen LogP contribution in [-0.4, -0.2) is 47.1 Å². The molecule has 8 heteroatoms. The van der Waals surface area contributed by atoms with Crippen molar-refractivity contribution in [1.82, 2.24) is 10.2 Å². The predicted octanol–water partition coefficient (Wildman–Crippen LogP) is 3.23. The molecule has 2 aliphatic carbocycles. The van der Waals surface area contributed by atoms with Crippen LogP contribution in [0.5, 0.6) is 5.75 Å². The lowest BCUT2D eigenvalue weighted by atomic mass is 9.79. The largest absolute Gasteiger partial charge is 0.490 e. The van der Waals surface area contributed by atoms with Gasteiger partial charge in [0.25, 0.3) is 5.91 Å². The van der Waals surface area contributed by atoms with E-state index in [0.717, 1.165) is 44.3 Å². The van der Waals surface area contributed by atoms with Crippen molar-refractivity contribution in [3.63, 3.8) is 0 Å². The van der Waals surface area contributed by atoms with Crippen molar-refractivity contribution in [2.45, 2.75) is 43.9 Å². The number of hydrogen-bond donors (Lipinski definition) is 2. The number of hydrogen-bond acceptors (Lipinski definition) is 6. The van der Waals surface area contributed by atoms with Gasteiger partial charge in [0.1, 0.15) is 0 Å². The van der Waals surface area contributed by atoms with Crippen LogP contribution in [0.4, 0.5) is 5.69 Å². The minimum absolute atomic E-state index is 0.0263. The molecule has 0 radical (unpaired) electrons. The highest BCUT2D eigenvalue weighted by Gasteiger charge is 2.58. The second-order valence-electron chi connectivity index (χ2n) is 9.90. The molecular formula is C26H31N3O5. The first-order valence-electron chi connectivity index (χ1n) is 12.0. The average Bonchev–Trinajstić information content (AvgIpc) is 3.26. The molecule has 1 amide bonds. The van der Waals surface area contributed by atoms with Crippen molar-refractivity contribution < 1.29 is 19.6 Å². The Morgan fingerprint density at radius 1 is 1.18 bits per heavy atom. The first-order valence-corrected chi connectivity index (χ1v) is 12.0. The second kappa shape index (κ2) is 9.00. The van der Waals surface area contributed by atoms with Crippen LogP contribution in [0.3, 0.4) is 0 Å². The molecule has 8 nitrogen and oxygen atoms in total. The molecule has 3 unspecified atom stereocenters. The Balaban J connectivity index is 1.22. The van der Waals surface area contributed by atoms with Crippen LogP contribution in [0.2, 0.25) is 0 Å². The Kier molecular flexibility index (Phi) is 6.04. The molecule has 2 N–H and O–H groups in total. The summed E-state index contributed by atoms with van der Waals surface area (Å²) in [5, 5.41) is 26.1. The van der Waals surface area contributed by atoms with Crippen LogP contribution >= 0.6 is 0 Å². The summed E-state index contributed by atoms with van der Waals surface area (Å²) in [6.45, 7) is 2.26. The summed E-state index contributed by atoms with van der Waals surface area (Å²) < 4.78 is 5.09. The number of nitro groups is 1. The number of nitrogens with one attached hydrogen (secondary N) is 1. The van der Waals surface area contributed by atoms with Gasteiger partial charge in [0.15, 0.2) is 11.4 Å². The number of aliphatic hydroxyl groups is 1. The number of benzene rings is 2. The van der Waals surface area contributed by atoms with Gasteiger partial charge in [-0.2, -0.15) is 0 Å². The molecule has 3 aliphatic rings. The number of methoxy groups -OCH3 is 1. The van der Waals surface area contributed by atoms with E-state index >= 15 is 0 Å². The summed E-state index contributed by atoms with van der Waals surface area (Å²) in [6, 6.07) is 14.5. The van der Waals surface area contributed by atoms with Crippen LogP contribution in [-0.2, 0) is 16.9 Å². The number of likely N-dealkylation sites (tertiary alicyclic amines) is 1. The molecule has 1 saturated heterocycles. The van der Waals surface area contributed by atoms with Crippen molar-refractivity contribution in [2.24, 2.45) is 17.8 Å². The van der Waals surface area contributed by atoms with E-state index in [0.29, 0.717) is 23.9 Å². The summed E-state index contributed by atoms with van der Waals surface area (Å²) in [5.74, 6) is 0.619. The lowest BCUT2D eigenvalue weighted by Crippen LogP contribution is -2.50. The molecule has 2 aromatic rings. The van der Waals surface area contributed by atoms with Gasteiger partial charge in [-0.3, -0.25) is 19.8 Å². The van der Waals surface area contributed by atoms with Gasteiger partial charge in [-0.1, -0.05) is 49.2 Å². The SMILES string of the molecule is COc1ccc(CN2CC3C(C2)C3NC(=O)C(O)(c2ccccc2)C2CCCC2)cc1[N+](=O)[O-]. The fourth-order valence-electron chi connectivity index (χ4n) is 6.04. The molecular weight excluding hydrogens is 434 g/mol. The minimum Gasteiger partial charge on any atom is -0.490 e. The lowest BCUT2D eigenvalue weighted by molar-refractivity contribution is -0.385. The number of fused-ring (bicyclic) bond motifs is 1. The third kappa shape index (κ3) is 4.05. The number of carbonyl (C=O) groups is 1. The zero-order chi connectivity index (χ0) is 23.9. The van der Waals surface area contributed by atoms with Crippen LogP contribution in [0.1, 0.15) is 36.8 Å². The molecule has 2 saturated carbocycles. The highest BCUT2D eigenvalue weighted by atomic mass is 16.6. The Labute approximate surface area is 199 Å². The molecule has 0 bridgehead atoms. The van der Waals surface area contributed by atoms with Crippen LogP contribution in [0.15, 0.2) is 48.5 Å². The number of nitrogens with zero attached hydrogens (tertiary/aromatic N) is 2. The number of piperidine rings is 1. The van der Waals surface area contributed by atoms with Crippen LogP contribution < -0.4 is 10.1 Å². The number of carbonyl (C=O) groups excluding carboxylic acids is 1. The molecule has 180 valence electrons. The van der Waals surface area contributed by atoms with Gasteiger partial charge in [0.05, 0.1) is 12.0 Å². The van der Waals surface area contributed by atoms with Gasteiger partial charge in [-0.25, -0.2) is 0 Å². The normalized spacial score (nSPS) is 26.0. The van der Waals surface area contributed by atoms with Crippen molar-refractivity contribution in [1.29, 1.82) is 0 Å². The van der Waals surface area contributed by atoms with Crippen LogP contribution in [0, 0.1) is 27.9 Å². The van der Waals surface area contributed by atoms with E-state index in [-0.39, 0.29) is 29.3 Å². The fraction of sp³-hybridized carbons (Fsp3) is 0.500. The van der Waals surface area contributed by atoms with E-state index < -0.39 is 10.5 Å². The summed E-state index contributed by atoms with van der Waals surface area (Å²) in [6.07, 6.45) is 3.80. The average molecular weight is 466 g/mol.